The van der Waals surface area contributed by atoms with Crippen molar-refractivity contribution in [1.29, 1.82) is 0 Å². The Labute approximate surface area is 133 Å². The number of pyridine rings is 1. The molecule has 5 nitrogen and oxygen atoms in total. The van der Waals surface area contributed by atoms with Crippen molar-refractivity contribution < 1.29 is 35.9 Å². The fraction of sp³-hybridized carbons (Fsp3) is 0.538. The molecule has 1 heterocycles. The van der Waals surface area contributed by atoms with Gasteiger partial charge in [0.1, 0.15) is 12.4 Å². The molecule has 136 valence electrons. The first-order valence-corrected chi connectivity index (χ1v) is 6.76. The van der Waals surface area contributed by atoms with Gasteiger partial charge in [-0.15, -0.1) is 0 Å². The molecule has 11 heteroatoms. The van der Waals surface area contributed by atoms with E-state index in [1.165, 1.54) is 0 Å². The lowest BCUT2D eigenvalue weighted by molar-refractivity contribution is -0.174. The second-order valence-electron chi connectivity index (χ2n) is 4.62. The zero-order chi connectivity index (χ0) is 18.2. The Kier molecular flexibility index (Phi) is 7.26. The van der Waals surface area contributed by atoms with Crippen LogP contribution in [0.25, 0.3) is 0 Å². The number of nitrogens with zero attached hydrogens (tertiary/aromatic N) is 1. The monoisotopic (exact) mass is 359 g/mol. The Bertz CT molecular complexity index is 516. The predicted octanol–water partition coefficient (Wildman–Crippen LogP) is 2.60. The third-order valence-electron chi connectivity index (χ3n) is 2.58. The molecule has 0 spiro atoms. The van der Waals surface area contributed by atoms with Crippen molar-refractivity contribution >= 4 is 11.7 Å². The van der Waals surface area contributed by atoms with Crippen LogP contribution in [0.1, 0.15) is 12.0 Å². The minimum absolute atomic E-state index is 0.126. The molecule has 0 saturated carbocycles. The number of rotatable bonds is 8. The number of nitrogens with one attached hydrogen (secondary N) is 2. The van der Waals surface area contributed by atoms with E-state index in [0.717, 1.165) is 12.1 Å². The van der Waals surface area contributed by atoms with Crippen molar-refractivity contribution in [2.45, 2.75) is 18.8 Å². The number of hydrogen-bond donors (Lipinski definition) is 2. The van der Waals surface area contributed by atoms with Crippen LogP contribution in [0.5, 0.6) is 0 Å². The number of ether oxygens (including phenoxy) is 1. The standard InChI is InChI=1S/C13H15F6N3O2/c14-12(15,16)8-24-6-3-11(23)21-5-4-20-10-2-1-9(7-22-10)13(17,18)19/h1-2,7H,3-6,8H2,(H,20,22)(H,21,23). The first kappa shape index (κ1) is 20.0. The third kappa shape index (κ3) is 8.56. The van der Waals surface area contributed by atoms with Gasteiger partial charge in [0.15, 0.2) is 0 Å². The summed E-state index contributed by atoms with van der Waals surface area (Å²) in [6.45, 7) is -1.46. The lowest BCUT2D eigenvalue weighted by Crippen LogP contribution is -2.30. The summed E-state index contributed by atoms with van der Waals surface area (Å²) < 4.78 is 76.6. The largest absolute Gasteiger partial charge is 0.417 e. The van der Waals surface area contributed by atoms with Crippen LogP contribution in [-0.2, 0) is 15.7 Å². The fourth-order valence-corrected chi connectivity index (χ4v) is 1.50. The molecule has 0 atom stereocenters. The minimum Gasteiger partial charge on any atom is -0.372 e. The highest BCUT2D eigenvalue weighted by Crippen LogP contribution is 2.28. The van der Waals surface area contributed by atoms with Gasteiger partial charge >= 0.3 is 12.4 Å². The van der Waals surface area contributed by atoms with Crippen LogP contribution < -0.4 is 10.6 Å². The maximum Gasteiger partial charge on any atom is 0.417 e. The second-order valence-corrected chi connectivity index (χ2v) is 4.62. The van der Waals surface area contributed by atoms with Gasteiger partial charge in [0.25, 0.3) is 0 Å². The predicted molar refractivity (Wildman–Crippen MR) is 72.2 cm³/mol. The van der Waals surface area contributed by atoms with E-state index in [1.807, 2.05) is 0 Å². The third-order valence-corrected chi connectivity index (χ3v) is 2.58. The Morgan fingerprint density at radius 3 is 2.38 bits per heavy atom. The van der Waals surface area contributed by atoms with E-state index in [0.29, 0.717) is 6.20 Å². The average molecular weight is 359 g/mol. The summed E-state index contributed by atoms with van der Waals surface area (Å²) in [5, 5.41) is 5.11. The molecule has 24 heavy (non-hydrogen) atoms. The summed E-state index contributed by atoms with van der Waals surface area (Å²) in [5.74, 6) is -0.301. The highest BCUT2D eigenvalue weighted by Gasteiger charge is 2.30. The molecule has 0 aliphatic carbocycles. The molecule has 0 aromatic carbocycles. The molecule has 2 N–H and O–H groups in total. The molecule has 0 bridgehead atoms. The molecule has 0 radical (unpaired) electrons. The second kappa shape index (κ2) is 8.71. The van der Waals surface area contributed by atoms with E-state index < -0.39 is 30.4 Å². The molecule has 1 amide bonds. The Hall–Kier alpha value is -2.04. The van der Waals surface area contributed by atoms with Gasteiger partial charge in [-0.2, -0.15) is 26.3 Å². The zero-order valence-corrected chi connectivity index (χ0v) is 12.3. The molecule has 0 saturated heterocycles. The number of halogens is 6. The van der Waals surface area contributed by atoms with Crippen molar-refractivity contribution in [3.8, 4) is 0 Å². The van der Waals surface area contributed by atoms with Crippen molar-refractivity contribution in [2.24, 2.45) is 0 Å². The quantitative estimate of drug-likeness (QED) is 0.553. The number of carbonyl (C=O) groups excluding carboxylic acids is 1. The van der Waals surface area contributed by atoms with E-state index in [9.17, 15) is 31.1 Å². The Morgan fingerprint density at radius 2 is 1.83 bits per heavy atom. The van der Waals surface area contributed by atoms with Gasteiger partial charge in [0.2, 0.25) is 5.91 Å². The molecular formula is C13H15F6N3O2. The van der Waals surface area contributed by atoms with Gasteiger partial charge in [0.05, 0.1) is 12.2 Å². The summed E-state index contributed by atoms with van der Waals surface area (Å²) in [6, 6.07) is 2.02. The van der Waals surface area contributed by atoms with Gasteiger partial charge in [0, 0.05) is 25.7 Å². The normalized spacial score (nSPS) is 12.1. The van der Waals surface area contributed by atoms with Crippen molar-refractivity contribution in [1.82, 2.24) is 10.3 Å². The zero-order valence-electron chi connectivity index (χ0n) is 12.3. The minimum atomic E-state index is -4.46. The SMILES string of the molecule is O=C(CCOCC(F)(F)F)NCCNc1ccc(C(F)(F)F)cn1. The van der Waals surface area contributed by atoms with Gasteiger partial charge < -0.3 is 15.4 Å². The number of hydrogen-bond acceptors (Lipinski definition) is 4. The van der Waals surface area contributed by atoms with E-state index >= 15 is 0 Å². The van der Waals surface area contributed by atoms with Crippen molar-refractivity contribution in [2.75, 3.05) is 31.6 Å². The van der Waals surface area contributed by atoms with Crippen molar-refractivity contribution in [3.05, 3.63) is 23.9 Å². The number of aromatic nitrogens is 1. The Morgan fingerprint density at radius 1 is 1.12 bits per heavy atom. The molecule has 1 aromatic rings. The summed E-state index contributed by atoms with van der Waals surface area (Å²) >= 11 is 0. The van der Waals surface area contributed by atoms with Crippen LogP contribution >= 0.6 is 0 Å². The van der Waals surface area contributed by atoms with Gasteiger partial charge in [-0.05, 0) is 12.1 Å². The molecular weight excluding hydrogens is 344 g/mol. The molecule has 0 aliphatic heterocycles. The average Bonchev–Trinajstić information content (AvgIpc) is 2.47. The van der Waals surface area contributed by atoms with E-state index in [1.54, 1.807) is 0 Å². The fourth-order valence-electron chi connectivity index (χ4n) is 1.50. The van der Waals surface area contributed by atoms with Crippen LogP contribution in [0.15, 0.2) is 18.3 Å². The van der Waals surface area contributed by atoms with Crippen LogP contribution in [-0.4, -0.2) is 43.4 Å². The highest BCUT2D eigenvalue weighted by molar-refractivity contribution is 5.75. The van der Waals surface area contributed by atoms with Crippen LogP contribution in [0.3, 0.4) is 0 Å². The lowest BCUT2D eigenvalue weighted by atomic mass is 10.3. The summed E-state index contributed by atoms with van der Waals surface area (Å²) in [6.07, 6.45) is -8.45. The lowest BCUT2D eigenvalue weighted by Gasteiger charge is -2.10. The number of anilines is 1. The van der Waals surface area contributed by atoms with Crippen LogP contribution in [0.4, 0.5) is 32.2 Å². The topological polar surface area (TPSA) is 63.2 Å². The maximum atomic E-state index is 12.3. The molecule has 0 fully saturated rings. The summed E-state index contributed by atoms with van der Waals surface area (Å²) in [7, 11) is 0. The van der Waals surface area contributed by atoms with Crippen LogP contribution in [0.2, 0.25) is 0 Å². The first-order chi connectivity index (χ1) is 11.1. The van der Waals surface area contributed by atoms with Gasteiger partial charge in [-0.3, -0.25) is 4.79 Å². The van der Waals surface area contributed by atoms with Gasteiger partial charge in [-0.25, -0.2) is 4.98 Å². The van der Waals surface area contributed by atoms with Crippen LogP contribution in [0, 0.1) is 0 Å². The van der Waals surface area contributed by atoms with Crippen molar-refractivity contribution in [3.63, 3.8) is 0 Å². The van der Waals surface area contributed by atoms with E-state index in [4.69, 9.17) is 0 Å². The molecule has 1 aromatic heterocycles. The van der Waals surface area contributed by atoms with Gasteiger partial charge in [-0.1, -0.05) is 0 Å². The number of amides is 1. The molecule has 0 aliphatic rings. The van der Waals surface area contributed by atoms with E-state index in [2.05, 4.69) is 20.4 Å². The maximum absolute atomic E-state index is 12.3. The molecule has 1 rings (SSSR count). The summed E-state index contributed by atoms with van der Waals surface area (Å²) in [5.41, 5.74) is -0.875. The van der Waals surface area contributed by atoms with E-state index in [-0.39, 0.29) is 31.9 Å². The Balaban J connectivity index is 2.16. The summed E-state index contributed by atoms with van der Waals surface area (Å²) in [4.78, 5) is 14.9. The smallest absolute Gasteiger partial charge is 0.372 e. The highest BCUT2D eigenvalue weighted by atomic mass is 19.4. The number of alkyl halides is 6. The first-order valence-electron chi connectivity index (χ1n) is 6.76. The number of carbonyl (C=O) groups is 1. The molecule has 0 unspecified atom stereocenters.